The Bertz CT molecular complexity index is 256. The Morgan fingerprint density at radius 2 is 2.31 bits per heavy atom. The lowest BCUT2D eigenvalue weighted by atomic mass is 10.0. The van der Waals surface area contributed by atoms with Gasteiger partial charge < -0.3 is 10.4 Å². The average Bonchev–Trinajstić information content (AvgIpc) is 2.72. The summed E-state index contributed by atoms with van der Waals surface area (Å²) < 4.78 is 0. The molecule has 0 aliphatic heterocycles. The van der Waals surface area contributed by atoms with Crippen molar-refractivity contribution in [2.75, 3.05) is 11.9 Å². The van der Waals surface area contributed by atoms with Gasteiger partial charge in [-0.25, -0.2) is 0 Å². The second-order valence-electron chi connectivity index (χ2n) is 3.53. The smallest absolute Gasteiger partial charge is 0.205 e. The molecular weight excluding hydrogens is 186 g/mol. The van der Waals surface area contributed by atoms with Crippen LogP contribution in [0.1, 0.15) is 25.7 Å². The van der Waals surface area contributed by atoms with Crippen molar-refractivity contribution in [3.05, 3.63) is 5.51 Å². The Labute approximate surface area is 81.0 Å². The van der Waals surface area contributed by atoms with E-state index in [4.69, 9.17) is 0 Å². The molecular formula is C8H13N3OS. The van der Waals surface area contributed by atoms with Crippen LogP contribution in [-0.2, 0) is 0 Å². The molecule has 0 spiro atoms. The van der Waals surface area contributed by atoms with Crippen LogP contribution in [0.15, 0.2) is 5.51 Å². The van der Waals surface area contributed by atoms with Gasteiger partial charge in [-0.1, -0.05) is 24.2 Å². The summed E-state index contributed by atoms with van der Waals surface area (Å²) in [7, 11) is 0. The molecule has 1 aliphatic carbocycles. The van der Waals surface area contributed by atoms with Crippen LogP contribution < -0.4 is 5.32 Å². The fourth-order valence-corrected chi connectivity index (χ4v) is 2.14. The van der Waals surface area contributed by atoms with Gasteiger partial charge >= 0.3 is 0 Å². The molecule has 0 unspecified atom stereocenters. The molecule has 2 rings (SSSR count). The Balaban J connectivity index is 1.85. The summed E-state index contributed by atoms with van der Waals surface area (Å²) in [6.45, 7) is 0.599. The molecule has 1 aliphatic rings. The number of anilines is 1. The highest BCUT2D eigenvalue weighted by Crippen LogP contribution is 2.29. The summed E-state index contributed by atoms with van der Waals surface area (Å²) in [5.41, 5.74) is 1.17. The predicted octanol–water partition coefficient (Wildman–Crippen LogP) is 1.26. The van der Waals surface area contributed by atoms with E-state index in [9.17, 15) is 5.11 Å². The minimum Gasteiger partial charge on any atom is -0.388 e. The molecule has 2 N–H and O–H groups in total. The molecule has 1 saturated carbocycles. The third-order valence-corrected chi connectivity index (χ3v) is 3.11. The van der Waals surface area contributed by atoms with Crippen LogP contribution in [0.25, 0.3) is 0 Å². The summed E-state index contributed by atoms with van der Waals surface area (Å²) in [5, 5.41) is 21.4. The number of nitrogens with one attached hydrogen (secondary N) is 1. The minimum atomic E-state index is -0.508. The van der Waals surface area contributed by atoms with E-state index in [1.165, 1.54) is 11.3 Å². The van der Waals surface area contributed by atoms with Gasteiger partial charge in [-0.3, -0.25) is 0 Å². The molecule has 0 aromatic carbocycles. The summed E-state index contributed by atoms with van der Waals surface area (Å²) in [6, 6.07) is 0. The van der Waals surface area contributed by atoms with Gasteiger partial charge in [-0.05, 0) is 12.8 Å². The molecule has 72 valence electrons. The SMILES string of the molecule is OC1(CNc2nncs2)CCCC1. The molecule has 1 heterocycles. The lowest BCUT2D eigenvalue weighted by molar-refractivity contribution is 0.0614. The fourth-order valence-electron chi connectivity index (χ4n) is 1.70. The number of hydrogen-bond donors (Lipinski definition) is 2. The van der Waals surface area contributed by atoms with Crippen molar-refractivity contribution in [1.82, 2.24) is 10.2 Å². The van der Waals surface area contributed by atoms with Gasteiger partial charge in [0, 0.05) is 6.54 Å². The molecule has 13 heavy (non-hydrogen) atoms. The highest BCUT2D eigenvalue weighted by Gasteiger charge is 2.30. The van der Waals surface area contributed by atoms with Gasteiger partial charge in [0.25, 0.3) is 0 Å². The molecule has 1 aromatic heterocycles. The zero-order valence-electron chi connectivity index (χ0n) is 7.36. The van der Waals surface area contributed by atoms with Crippen LogP contribution in [-0.4, -0.2) is 27.4 Å². The number of hydrogen-bond acceptors (Lipinski definition) is 5. The van der Waals surface area contributed by atoms with Crippen molar-refractivity contribution < 1.29 is 5.11 Å². The van der Waals surface area contributed by atoms with E-state index in [1.807, 2.05) is 0 Å². The molecule has 0 bridgehead atoms. The molecule has 0 amide bonds. The third kappa shape index (κ3) is 2.16. The van der Waals surface area contributed by atoms with Crippen molar-refractivity contribution in [2.45, 2.75) is 31.3 Å². The second kappa shape index (κ2) is 3.59. The van der Waals surface area contributed by atoms with E-state index in [0.29, 0.717) is 6.54 Å². The molecule has 5 heteroatoms. The Morgan fingerprint density at radius 3 is 2.92 bits per heavy atom. The maximum atomic E-state index is 9.98. The first kappa shape index (κ1) is 8.90. The van der Waals surface area contributed by atoms with Gasteiger partial charge in [0.2, 0.25) is 5.13 Å². The Hall–Kier alpha value is -0.680. The molecule has 4 nitrogen and oxygen atoms in total. The van der Waals surface area contributed by atoms with Crippen molar-refractivity contribution in [3.8, 4) is 0 Å². The zero-order chi connectivity index (χ0) is 9.15. The van der Waals surface area contributed by atoms with Gasteiger partial charge in [-0.15, -0.1) is 10.2 Å². The maximum absolute atomic E-state index is 9.98. The van der Waals surface area contributed by atoms with Crippen LogP contribution in [0.3, 0.4) is 0 Å². The summed E-state index contributed by atoms with van der Waals surface area (Å²) in [5.74, 6) is 0. The van der Waals surface area contributed by atoms with Crippen LogP contribution in [0.2, 0.25) is 0 Å². The largest absolute Gasteiger partial charge is 0.388 e. The normalized spacial score (nSPS) is 20.4. The van der Waals surface area contributed by atoms with Crippen molar-refractivity contribution in [1.29, 1.82) is 0 Å². The molecule has 0 atom stereocenters. The van der Waals surface area contributed by atoms with Crippen LogP contribution in [0.4, 0.5) is 5.13 Å². The number of rotatable bonds is 3. The molecule has 0 radical (unpaired) electrons. The lowest BCUT2D eigenvalue weighted by Crippen LogP contribution is -2.33. The van der Waals surface area contributed by atoms with Crippen molar-refractivity contribution >= 4 is 16.5 Å². The average molecular weight is 199 g/mol. The first-order chi connectivity index (χ1) is 6.29. The third-order valence-electron chi connectivity index (χ3n) is 2.46. The minimum absolute atomic E-state index is 0.508. The molecule has 0 saturated heterocycles. The van der Waals surface area contributed by atoms with Crippen LogP contribution in [0, 0.1) is 0 Å². The van der Waals surface area contributed by atoms with Crippen LogP contribution in [0.5, 0.6) is 0 Å². The van der Waals surface area contributed by atoms with E-state index in [0.717, 1.165) is 30.8 Å². The van der Waals surface area contributed by atoms with E-state index >= 15 is 0 Å². The monoisotopic (exact) mass is 199 g/mol. The highest BCUT2D eigenvalue weighted by atomic mass is 32.1. The zero-order valence-corrected chi connectivity index (χ0v) is 8.18. The van der Waals surface area contributed by atoms with E-state index < -0.39 is 5.60 Å². The fraction of sp³-hybridized carbons (Fsp3) is 0.750. The van der Waals surface area contributed by atoms with Crippen molar-refractivity contribution in [3.63, 3.8) is 0 Å². The number of nitrogens with zero attached hydrogens (tertiary/aromatic N) is 2. The Kier molecular flexibility index (Phi) is 2.46. The van der Waals surface area contributed by atoms with Gasteiger partial charge in [-0.2, -0.15) is 0 Å². The summed E-state index contributed by atoms with van der Waals surface area (Å²) in [4.78, 5) is 0. The standard InChI is InChI=1S/C8H13N3OS/c12-8(3-1-2-4-8)5-9-7-11-10-6-13-7/h6,12H,1-5H2,(H,9,11). The highest BCUT2D eigenvalue weighted by molar-refractivity contribution is 7.13. The van der Waals surface area contributed by atoms with E-state index in [-0.39, 0.29) is 0 Å². The molecule has 1 aromatic rings. The second-order valence-corrected chi connectivity index (χ2v) is 4.36. The summed E-state index contributed by atoms with van der Waals surface area (Å²) >= 11 is 1.46. The van der Waals surface area contributed by atoms with Gasteiger partial charge in [0.1, 0.15) is 5.51 Å². The van der Waals surface area contributed by atoms with E-state index in [1.54, 1.807) is 5.51 Å². The van der Waals surface area contributed by atoms with Crippen molar-refractivity contribution in [2.24, 2.45) is 0 Å². The summed E-state index contributed by atoms with van der Waals surface area (Å²) in [6.07, 6.45) is 4.07. The maximum Gasteiger partial charge on any atom is 0.205 e. The first-order valence-corrected chi connectivity index (χ1v) is 5.39. The first-order valence-electron chi connectivity index (χ1n) is 4.51. The predicted molar refractivity (Wildman–Crippen MR) is 51.8 cm³/mol. The van der Waals surface area contributed by atoms with Crippen LogP contribution >= 0.6 is 11.3 Å². The quantitative estimate of drug-likeness (QED) is 0.769. The van der Waals surface area contributed by atoms with E-state index in [2.05, 4.69) is 15.5 Å². The lowest BCUT2D eigenvalue weighted by Gasteiger charge is -2.21. The molecule has 1 fully saturated rings. The topological polar surface area (TPSA) is 58.0 Å². The van der Waals surface area contributed by atoms with Gasteiger partial charge in [0.15, 0.2) is 0 Å². The Morgan fingerprint density at radius 1 is 1.54 bits per heavy atom. The number of aliphatic hydroxyl groups is 1. The number of aromatic nitrogens is 2. The van der Waals surface area contributed by atoms with Gasteiger partial charge in [0.05, 0.1) is 5.60 Å².